The van der Waals surface area contributed by atoms with Crippen molar-refractivity contribution in [1.29, 1.82) is 0 Å². The number of guanidine groups is 1. The van der Waals surface area contributed by atoms with E-state index in [-0.39, 0.29) is 6.10 Å². The monoisotopic (exact) mass is 365 g/mol. The van der Waals surface area contributed by atoms with Crippen LogP contribution in [0.25, 0.3) is 0 Å². The van der Waals surface area contributed by atoms with Gasteiger partial charge in [0.15, 0.2) is 5.96 Å². The highest BCUT2D eigenvalue weighted by Gasteiger charge is 2.29. The molecule has 1 saturated heterocycles. The van der Waals surface area contributed by atoms with Gasteiger partial charge >= 0.3 is 0 Å². The van der Waals surface area contributed by atoms with E-state index >= 15 is 0 Å². The van der Waals surface area contributed by atoms with E-state index in [9.17, 15) is 0 Å². The van der Waals surface area contributed by atoms with Crippen LogP contribution in [0.3, 0.4) is 0 Å². The van der Waals surface area contributed by atoms with Crippen LogP contribution >= 0.6 is 0 Å². The molecule has 3 rings (SSSR count). The van der Waals surface area contributed by atoms with Gasteiger partial charge in [-0.1, -0.05) is 60.2 Å². The lowest BCUT2D eigenvalue weighted by Gasteiger charge is -2.23. The first-order valence-corrected chi connectivity index (χ1v) is 9.89. The molecule has 144 valence electrons. The lowest BCUT2D eigenvalue weighted by Crippen LogP contribution is -2.39. The van der Waals surface area contributed by atoms with Crippen LogP contribution in [0.4, 0.5) is 0 Å². The summed E-state index contributed by atoms with van der Waals surface area (Å²) in [6.07, 6.45) is 1.21. The van der Waals surface area contributed by atoms with Gasteiger partial charge in [0.05, 0.1) is 6.10 Å². The number of hydrogen-bond donors (Lipinski definition) is 1. The van der Waals surface area contributed by atoms with Gasteiger partial charge in [-0.2, -0.15) is 0 Å². The molecule has 0 radical (unpaired) electrons. The van der Waals surface area contributed by atoms with Gasteiger partial charge in [-0.15, -0.1) is 0 Å². The highest BCUT2D eigenvalue weighted by atomic mass is 16.5. The van der Waals surface area contributed by atoms with E-state index < -0.39 is 0 Å². The maximum atomic E-state index is 6.01. The lowest BCUT2D eigenvalue weighted by molar-refractivity contribution is 0.0925. The average Bonchev–Trinajstić information content (AvgIpc) is 3.16. The van der Waals surface area contributed by atoms with Crippen molar-refractivity contribution in [3.8, 4) is 0 Å². The summed E-state index contributed by atoms with van der Waals surface area (Å²) < 4.78 is 6.01. The Labute approximate surface area is 163 Å². The minimum absolute atomic E-state index is 0.153. The van der Waals surface area contributed by atoms with E-state index in [1.807, 2.05) is 0 Å². The van der Waals surface area contributed by atoms with Gasteiger partial charge in [0, 0.05) is 39.2 Å². The quantitative estimate of drug-likeness (QED) is 0.617. The van der Waals surface area contributed by atoms with Gasteiger partial charge in [0.25, 0.3) is 0 Å². The van der Waals surface area contributed by atoms with Crippen molar-refractivity contribution >= 4 is 5.96 Å². The molecule has 0 aromatic heterocycles. The summed E-state index contributed by atoms with van der Waals surface area (Å²) in [5, 5.41) is 3.43. The molecule has 0 saturated carbocycles. The molecule has 0 amide bonds. The number of nitrogens with zero attached hydrogens (tertiary/aromatic N) is 2. The van der Waals surface area contributed by atoms with Crippen LogP contribution in [0.15, 0.2) is 59.6 Å². The summed E-state index contributed by atoms with van der Waals surface area (Å²) in [6.45, 7) is 7.53. The zero-order chi connectivity index (χ0) is 19.1. The Balaban J connectivity index is 1.66. The van der Waals surface area contributed by atoms with Crippen molar-refractivity contribution < 1.29 is 4.74 Å². The molecule has 2 aromatic rings. The lowest BCUT2D eigenvalue weighted by atomic mass is 9.95. The Hall–Kier alpha value is -2.33. The van der Waals surface area contributed by atoms with Gasteiger partial charge in [-0.05, 0) is 31.4 Å². The third-order valence-electron chi connectivity index (χ3n) is 5.05. The fourth-order valence-electron chi connectivity index (χ4n) is 3.55. The van der Waals surface area contributed by atoms with E-state index in [0.29, 0.717) is 5.92 Å². The molecule has 0 spiro atoms. The second-order valence-corrected chi connectivity index (χ2v) is 7.29. The van der Waals surface area contributed by atoms with Crippen molar-refractivity contribution in [3.63, 3.8) is 0 Å². The standard InChI is InChI=1S/C23H31N3O/c1-4-24-23(26(3)17-19-12-10-18(2)11-13-19)25-16-21-14-15-27-22(21)20-8-6-5-7-9-20/h5-13,21-22H,4,14-17H2,1-3H3,(H,24,25). The minimum atomic E-state index is 0.153. The fourth-order valence-corrected chi connectivity index (χ4v) is 3.55. The van der Waals surface area contributed by atoms with Crippen molar-refractivity contribution in [1.82, 2.24) is 10.2 Å². The molecule has 0 bridgehead atoms. The normalized spacial score (nSPS) is 19.9. The minimum Gasteiger partial charge on any atom is -0.373 e. The molecular formula is C23H31N3O. The van der Waals surface area contributed by atoms with E-state index in [4.69, 9.17) is 9.73 Å². The van der Waals surface area contributed by atoms with Crippen molar-refractivity contribution in [2.24, 2.45) is 10.9 Å². The molecule has 1 heterocycles. The Morgan fingerprint density at radius 2 is 1.89 bits per heavy atom. The maximum absolute atomic E-state index is 6.01. The first-order chi connectivity index (χ1) is 13.2. The van der Waals surface area contributed by atoms with Gasteiger partial charge in [-0.3, -0.25) is 4.99 Å². The van der Waals surface area contributed by atoms with E-state index in [0.717, 1.165) is 38.6 Å². The molecule has 4 nitrogen and oxygen atoms in total. The molecule has 1 N–H and O–H groups in total. The molecule has 2 aromatic carbocycles. The number of hydrogen-bond acceptors (Lipinski definition) is 2. The highest BCUT2D eigenvalue weighted by Crippen LogP contribution is 2.34. The topological polar surface area (TPSA) is 36.9 Å². The second kappa shape index (κ2) is 9.56. The summed E-state index contributed by atoms with van der Waals surface area (Å²) in [5.41, 5.74) is 3.84. The Kier molecular flexibility index (Phi) is 6.88. The Bertz CT molecular complexity index is 727. The van der Waals surface area contributed by atoms with Crippen LogP contribution in [0.5, 0.6) is 0 Å². The predicted octanol–water partition coefficient (Wildman–Crippen LogP) is 4.17. The van der Waals surface area contributed by atoms with Crippen LogP contribution in [0.1, 0.15) is 36.1 Å². The summed E-state index contributed by atoms with van der Waals surface area (Å²) in [7, 11) is 2.10. The molecular weight excluding hydrogens is 334 g/mol. The Morgan fingerprint density at radius 1 is 1.15 bits per heavy atom. The third kappa shape index (κ3) is 5.33. The van der Waals surface area contributed by atoms with Gasteiger partial charge in [0.1, 0.15) is 0 Å². The fraction of sp³-hybridized carbons (Fsp3) is 0.435. The number of ether oxygens (including phenoxy) is 1. The highest BCUT2D eigenvalue weighted by molar-refractivity contribution is 5.79. The molecule has 1 fully saturated rings. The Morgan fingerprint density at radius 3 is 2.59 bits per heavy atom. The number of benzene rings is 2. The number of nitrogens with one attached hydrogen (secondary N) is 1. The number of rotatable bonds is 6. The first-order valence-electron chi connectivity index (χ1n) is 9.89. The van der Waals surface area contributed by atoms with E-state index in [2.05, 4.69) is 85.7 Å². The van der Waals surface area contributed by atoms with Gasteiger partial charge in [-0.25, -0.2) is 0 Å². The third-order valence-corrected chi connectivity index (χ3v) is 5.05. The van der Waals surface area contributed by atoms with Crippen molar-refractivity contribution in [2.45, 2.75) is 32.9 Å². The second-order valence-electron chi connectivity index (χ2n) is 7.29. The average molecular weight is 366 g/mol. The summed E-state index contributed by atoms with van der Waals surface area (Å²) in [4.78, 5) is 7.13. The van der Waals surface area contributed by atoms with E-state index in [1.54, 1.807) is 0 Å². The molecule has 4 heteroatoms. The number of aryl methyl sites for hydroxylation is 1. The van der Waals surface area contributed by atoms with Crippen molar-refractivity contribution in [2.75, 3.05) is 26.7 Å². The largest absolute Gasteiger partial charge is 0.373 e. The molecule has 2 atom stereocenters. The summed E-state index contributed by atoms with van der Waals surface area (Å²) >= 11 is 0. The predicted molar refractivity (Wildman–Crippen MR) is 112 cm³/mol. The van der Waals surface area contributed by atoms with Crippen LogP contribution in [-0.4, -0.2) is 37.6 Å². The van der Waals surface area contributed by atoms with Gasteiger partial charge in [0.2, 0.25) is 0 Å². The summed E-state index contributed by atoms with van der Waals surface area (Å²) in [5.74, 6) is 1.38. The van der Waals surface area contributed by atoms with Crippen LogP contribution in [0, 0.1) is 12.8 Å². The molecule has 2 unspecified atom stereocenters. The zero-order valence-electron chi connectivity index (χ0n) is 16.7. The smallest absolute Gasteiger partial charge is 0.193 e. The molecule has 1 aliphatic rings. The summed E-state index contributed by atoms with van der Waals surface area (Å²) in [6, 6.07) is 19.2. The number of aliphatic imine (C=N–C) groups is 1. The van der Waals surface area contributed by atoms with Crippen molar-refractivity contribution in [3.05, 3.63) is 71.3 Å². The van der Waals surface area contributed by atoms with Crippen LogP contribution < -0.4 is 5.32 Å². The van der Waals surface area contributed by atoms with Crippen LogP contribution in [-0.2, 0) is 11.3 Å². The van der Waals surface area contributed by atoms with Gasteiger partial charge < -0.3 is 15.0 Å². The molecule has 1 aliphatic heterocycles. The zero-order valence-corrected chi connectivity index (χ0v) is 16.7. The van der Waals surface area contributed by atoms with E-state index in [1.165, 1.54) is 16.7 Å². The molecule has 27 heavy (non-hydrogen) atoms. The maximum Gasteiger partial charge on any atom is 0.193 e. The first kappa shape index (κ1) is 19.4. The van der Waals surface area contributed by atoms with Crippen LogP contribution in [0.2, 0.25) is 0 Å². The molecule has 0 aliphatic carbocycles. The SMILES string of the molecule is CCNC(=NCC1CCOC1c1ccccc1)N(C)Cc1ccc(C)cc1.